The van der Waals surface area contributed by atoms with Crippen LogP contribution in [0, 0.1) is 0 Å². The number of carboxylic acid groups (broad SMARTS) is 1. The molecule has 1 heterocycles. The Balaban J connectivity index is 2.92. The van der Waals surface area contributed by atoms with Gasteiger partial charge in [0.1, 0.15) is 0 Å². The Morgan fingerprint density at radius 3 is 2.81 bits per heavy atom. The molecule has 88 valence electrons. The van der Waals surface area contributed by atoms with Crippen LogP contribution in [-0.4, -0.2) is 39.1 Å². The largest absolute Gasteiger partial charge is 0.480 e. The first-order valence-electron chi connectivity index (χ1n) is 4.78. The van der Waals surface area contributed by atoms with Gasteiger partial charge in [-0.15, -0.1) is 5.10 Å². The number of aromatic nitrogens is 3. The molecule has 0 radical (unpaired) electrons. The first kappa shape index (κ1) is 12.2. The summed E-state index contributed by atoms with van der Waals surface area (Å²) in [4.78, 5) is 22.0. The monoisotopic (exact) mass is 227 g/mol. The van der Waals surface area contributed by atoms with Crippen LogP contribution >= 0.6 is 0 Å². The van der Waals surface area contributed by atoms with Crippen molar-refractivity contribution in [1.29, 1.82) is 0 Å². The van der Waals surface area contributed by atoms with Gasteiger partial charge in [-0.3, -0.25) is 4.79 Å². The maximum Gasteiger partial charge on any atom is 0.328 e. The van der Waals surface area contributed by atoms with Gasteiger partial charge in [-0.2, -0.15) is 0 Å². The molecule has 7 nitrogen and oxygen atoms in total. The highest BCUT2D eigenvalue weighted by Gasteiger charge is 2.22. The average molecular weight is 227 g/mol. The highest BCUT2D eigenvalue weighted by atomic mass is 16.5. The van der Waals surface area contributed by atoms with Gasteiger partial charge in [0.25, 0.3) is 0 Å². The number of methoxy groups -OCH3 is 1. The fourth-order valence-electron chi connectivity index (χ4n) is 1.33. The van der Waals surface area contributed by atoms with Gasteiger partial charge in [-0.05, 0) is 6.42 Å². The summed E-state index contributed by atoms with van der Waals surface area (Å²) in [5.41, 5.74) is 0.432. The standard InChI is InChI=1S/C9H13N3O4/c1-3-7(9(14)15)12-6(5-10-11-12)4-8(13)16-2/h5,7H,3-4H2,1-2H3,(H,14,15). The van der Waals surface area contributed by atoms with Crippen molar-refractivity contribution >= 4 is 11.9 Å². The van der Waals surface area contributed by atoms with Crippen LogP contribution in [0.1, 0.15) is 25.1 Å². The molecule has 0 aliphatic rings. The molecule has 0 spiro atoms. The lowest BCUT2D eigenvalue weighted by atomic mass is 10.2. The zero-order valence-corrected chi connectivity index (χ0v) is 9.08. The lowest BCUT2D eigenvalue weighted by Crippen LogP contribution is -2.22. The van der Waals surface area contributed by atoms with E-state index in [0.717, 1.165) is 0 Å². The third-order valence-corrected chi connectivity index (χ3v) is 2.17. The molecule has 1 aromatic heterocycles. The van der Waals surface area contributed by atoms with E-state index < -0.39 is 18.0 Å². The van der Waals surface area contributed by atoms with Crippen LogP contribution in [0.5, 0.6) is 0 Å². The van der Waals surface area contributed by atoms with Crippen molar-refractivity contribution in [2.75, 3.05) is 7.11 Å². The summed E-state index contributed by atoms with van der Waals surface area (Å²) < 4.78 is 5.73. The molecule has 16 heavy (non-hydrogen) atoms. The summed E-state index contributed by atoms with van der Waals surface area (Å²) in [6.45, 7) is 1.72. The maximum atomic E-state index is 11.1. The topological polar surface area (TPSA) is 94.3 Å². The van der Waals surface area contributed by atoms with E-state index in [1.807, 2.05) is 0 Å². The van der Waals surface area contributed by atoms with E-state index in [2.05, 4.69) is 15.0 Å². The van der Waals surface area contributed by atoms with Gasteiger partial charge in [0, 0.05) is 0 Å². The first-order chi connectivity index (χ1) is 7.60. The lowest BCUT2D eigenvalue weighted by Gasteiger charge is -2.12. The Morgan fingerprint density at radius 2 is 2.31 bits per heavy atom. The summed E-state index contributed by atoms with van der Waals surface area (Å²) in [6.07, 6.45) is 1.70. The van der Waals surface area contributed by atoms with E-state index in [0.29, 0.717) is 12.1 Å². The minimum atomic E-state index is -1.00. The maximum absolute atomic E-state index is 11.1. The van der Waals surface area contributed by atoms with Crippen molar-refractivity contribution in [2.45, 2.75) is 25.8 Å². The molecule has 0 saturated heterocycles. The van der Waals surface area contributed by atoms with Crippen LogP contribution in [0.2, 0.25) is 0 Å². The zero-order chi connectivity index (χ0) is 12.1. The molecule has 1 atom stereocenters. The summed E-state index contributed by atoms with van der Waals surface area (Å²) in [6, 6.07) is -0.804. The van der Waals surface area contributed by atoms with Gasteiger partial charge in [0.15, 0.2) is 6.04 Å². The minimum absolute atomic E-state index is 0.0344. The van der Waals surface area contributed by atoms with Crippen molar-refractivity contribution in [1.82, 2.24) is 15.0 Å². The Labute approximate surface area is 92.0 Å². The van der Waals surface area contributed by atoms with E-state index in [4.69, 9.17) is 5.11 Å². The van der Waals surface area contributed by atoms with Gasteiger partial charge in [-0.25, -0.2) is 9.48 Å². The number of carboxylic acids is 1. The molecule has 1 rings (SSSR count). The fraction of sp³-hybridized carbons (Fsp3) is 0.556. The second kappa shape index (κ2) is 5.24. The van der Waals surface area contributed by atoms with Gasteiger partial charge < -0.3 is 9.84 Å². The summed E-state index contributed by atoms with van der Waals surface area (Å²) in [7, 11) is 1.27. The van der Waals surface area contributed by atoms with E-state index in [1.54, 1.807) is 6.92 Å². The van der Waals surface area contributed by atoms with Crippen LogP contribution in [0.15, 0.2) is 6.20 Å². The first-order valence-corrected chi connectivity index (χ1v) is 4.78. The Kier molecular flexibility index (Phi) is 3.98. The van der Waals surface area contributed by atoms with Crippen LogP contribution in [0.4, 0.5) is 0 Å². The van der Waals surface area contributed by atoms with Crippen LogP contribution in [-0.2, 0) is 20.7 Å². The second-order valence-corrected chi connectivity index (χ2v) is 3.19. The van der Waals surface area contributed by atoms with Crippen molar-refractivity contribution in [3.8, 4) is 0 Å². The molecule has 1 unspecified atom stereocenters. The number of hydrogen-bond acceptors (Lipinski definition) is 5. The predicted octanol–water partition coefficient (Wildman–Crippen LogP) is 0.0293. The molecule has 1 N–H and O–H groups in total. The number of carbonyl (C=O) groups excluding carboxylic acids is 1. The molecular formula is C9H13N3O4. The third-order valence-electron chi connectivity index (χ3n) is 2.17. The van der Waals surface area contributed by atoms with Crippen molar-refractivity contribution < 1.29 is 19.4 Å². The van der Waals surface area contributed by atoms with Crippen LogP contribution < -0.4 is 0 Å². The smallest absolute Gasteiger partial charge is 0.328 e. The van der Waals surface area contributed by atoms with Crippen molar-refractivity contribution in [3.05, 3.63) is 11.9 Å². The number of hydrogen-bond donors (Lipinski definition) is 1. The number of carbonyl (C=O) groups is 2. The number of nitrogens with zero attached hydrogens (tertiary/aromatic N) is 3. The molecule has 0 amide bonds. The highest BCUT2D eigenvalue weighted by Crippen LogP contribution is 2.13. The van der Waals surface area contributed by atoms with E-state index in [-0.39, 0.29) is 6.42 Å². The van der Waals surface area contributed by atoms with Crippen molar-refractivity contribution in [3.63, 3.8) is 0 Å². The Morgan fingerprint density at radius 1 is 1.62 bits per heavy atom. The molecule has 7 heteroatoms. The molecule has 0 fully saturated rings. The number of esters is 1. The second-order valence-electron chi connectivity index (χ2n) is 3.19. The van der Waals surface area contributed by atoms with Crippen LogP contribution in [0.25, 0.3) is 0 Å². The number of aliphatic carboxylic acids is 1. The van der Waals surface area contributed by atoms with E-state index in [9.17, 15) is 9.59 Å². The summed E-state index contributed by atoms with van der Waals surface area (Å²) >= 11 is 0. The fourth-order valence-corrected chi connectivity index (χ4v) is 1.33. The molecule has 0 aliphatic heterocycles. The number of rotatable bonds is 5. The van der Waals surface area contributed by atoms with Crippen molar-refractivity contribution in [2.24, 2.45) is 0 Å². The molecule has 1 aromatic rings. The number of ether oxygens (including phenoxy) is 1. The molecule has 0 bridgehead atoms. The normalized spacial score (nSPS) is 12.1. The third kappa shape index (κ3) is 2.56. The van der Waals surface area contributed by atoms with Crippen LogP contribution in [0.3, 0.4) is 0 Å². The zero-order valence-electron chi connectivity index (χ0n) is 9.08. The highest BCUT2D eigenvalue weighted by molar-refractivity contribution is 5.73. The average Bonchev–Trinajstić information content (AvgIpc) is 2.67. The van der Waals surface area contributed by atoms with Gasteiger partial charge in [-0.1, -0.05) is 12.1 Å². The van der Waals surface area contributed by atoms with E-state index in [1.165, 1.54) is 18.0 Å². The molecule has 0 aliphatic carbocycles. The Hall–Kier alpha value is -1.92. The van der Waals surface area contributed by atoms with Gasteiger partial charge >= 0.3 is 11.9 Å². The summed E-state index contributed by atoms with van der Waals surface area (Å²) in [5.74, 6) is -1.46. The van der Waals surface area contributed by atoms with Gasteiger partial charge in [0.05, 0.1) is 25.4 Å². The minimum Gasteiger partial charge on any atom is -0.480 e. The predicted molar refractivity (Wildman–Crippen MR) is 52.7 cm³/mol. The quantitative estimate of drug-likeness (QED) is 0.713. The van der Waals surface area contributed by atoms with E-state index >= 15 is 0 Å². The molecule has 0 saturated carbocycles. The molecular weight excluding hydrogens is 214 g/mol. The lowest BCUT2D eigenvalue weighted by molar-refractivity contribution is -0.142. The SMILES string of the molecule is CCC(C(=O)O)n1nncc1CC(=O)OC. The van der Waals surface area contributed by atoms with Gasteiger partial charge in [0.2, 0.25) is 0 Å². The summed E-state index contributed by atoms with van der Waals surface area (Å²) in [5, 5.41) is 16.2. The molecule has 0 aromatic carbocycles. The Bertz CT molecular complexity index is 388.